The number of rotatable bonds is 4. The Kier molecular flexibility index (Phi) is 4.34. The molecule has 0 atom stereocenters. The molecule has 0 aromatic heterocycles. The van der Waals surface area contributed by atoms with Crippen LogP contribution in [0.5, 0.6) is 5.75 Å². The molecule has 0 spiro atoms. The van der Waals surface area contributed by atoms with Crippen LogP contribution in [0, 0.1) is 22.9 Å². The summed E-state index contributed by atoms with van der Waals surface area (Å²) in [5.74, 6) is 0.0867. The van der Waals surface area contributed by atoms with Crippen molar-refractivity contribution in [2.45, 2.75) is 13.5 Å². The van der Waals surface area contributed by atoms with Crippen molar-refractivity contribution in [1.82, 2.24) is 0 Å². The van der Waals surface area contributed by atoms with Crippen LogP contribution in [0.1, 0.15) is 11.1 Å². The Morgan fingerprint density at radius 1 is 1.30 bits per heavy atom. The second kappa shape index (κ2) is 6.00. The van der Waals surface area contributed by atoms with Gasteiger partial charge in [-0.1, -0.05) is 22.0 Å². The molecule has 0 unspecified atom stereocenters. The summed E-state index contributed by atoms with van der Waals surface area (Å²) in [7, 11) is 0. The summed E-state index contributed by atoms with van der Waals surface area (Å²) in [4.78, 5) is 10.2. The van der Waals surface area contributed by atoms with Crippen LogP contribution in [0.2, 0.25) is 0 Å². The SMILES string of the molecule is Cc1ccc(F)cc1OCc1ccc([N+](=O)[O-])cc1Br. The first kappa shape index (κ1) is 14.5. The van der Waals surface area contributed by atoms with Crippen LogP contribution >= 0.6 is 15.9 Å². The number of hydrogen-bond acceptors (Lipinski definition) is 3. The van der Waals surface area contributed by atoms with Crippen LogP contribution in [-0.2, 0) is 6.61 Å². The van der Waals surface area contributed by atoms with Crippen LogP contribution in [-0.4, -0.2) is 4.92 Å². The molecule has 0 fully saturated rings. The Bertz CT molecular complexity index is 661. The Morgan fingerprint density at radius 3 is 2.70 bits per heavy atom. The molecule has 2 aromatic carbocycles. The van der Waals surface area contributed by atoms with Crippen LogP contribution < -0.4 is 4.74 Å². The fourth-order valence-electron chi connectivity index (χ4n) is 1.65. The minimum Gasteiger partial charge on any atom is -0.488 e. The van der Waals surface area contributed by atoms with Crippen LogP contribution in [0.15, 0.2) is 40.9 Å². The van der Waals surface area contributed by atoms with Gasteiger partial charge in [-0.05, 0) is 24.6 Å². The quantitative estimate of drug-likeness (QED) is 0.613. The van der Waals surface area contributed by atoms with Crippen molar-refractivity contribution in [3.8, 4) is 5.75 Å². The van der Waals surface area contributed by atoms with Crippen LogP contribution in [0.3, 0.4) is 0 Å². The largest absolute Gasteiger partial charge is 0.488 e. The van der Waals surface area contributed by atoms with Crippen molar-refractivity contribution in [3.05, 3.63) is 67.9 Å². The van der Waals surface area contributed by atoms with Gasteiger partial charge < -0.3 is 4.74 Å². The highest BCUT2D eigenvalue weighted by Gasteiger charge is 2.10. The zero-order valence-corrected chi connectivity index (χ0v) is 12.2. The zero-order valence-electron chi connectivity index (χ0n) is 10.6. The molecule has 2 aromatic rings. The van der Waals surface area contributed by atoms with Crippen LogP contribution in [0.4, 0.5) is 10.1 Å². The van der Waals surface area contributed by atoms with Gasteiger partial charge in [-0.3, -0.25) is 10.1 Å². The van der Waals surface area contributed by atoms with E-state index in [0.29, 0.717) is 10.2 Å². The molecule has 0 saturated carbocycles. The van der Waals surface area contributed by atoms with Gasteiger partial charge in [0.05, 0.1) is 4.92 Å². The summed E-state index contributed by atoms with van der Waals surface area (Å²) in [5, 5.41) is 10.6. The van der Waals surface area contributed by atoms with Gasteiger partial charge in [-0.25, -0.2) is 4.39 Å². The molecule has 0 amide bonds. The first-order chi connectivity index (χ1) is 9.47. The Balaban J connectivity index is 2.15. The first-order valence-electron chi connectivity index (χ1n) is 5.79. The van der Waals surface area contributed by atoms with E-state index in [0.717, 1.165) is 11.1 Å². The number of non-ortho nitro benzene ring substituents is 1. The number of ether oxygens (including phenoxy) is 1. The lowest BCUT2D eigenvalue weighted by Crippen LogP contribution is -1.99. The average Bonchev–Trinajstić information content (AvgIpc) is 2.40. The number of nitrogens with zero attached hydrogens (tertiary/aromatic N) is 1. The molecule has 4 nitrogen and oxygen atoms in total. The number of hydrogen-bond donors (Lipinski definition) is 0. The van der Waals surface area contributed by atoms with Crippen molar-refractivity contribution in [3.63, 3.8) is 0 Å². The molecule has 0 radical (unpaired) electrons. The molecule has 0 bridgehead atoms. The topological polar surface area (TPSA) is 52.4 Å². The molecule has 20 heavy (non-hydrogen) atoms. The van der Waals surface area contributed by atoms with Gasteiger partial charge in [0.15, 0.2) is 0 Å². The lowest BCUT2D eigenvalue weighted by molar-refractivity contribution is -0.384. The summed E-state index contributed by atoms with van der Waals surface area (Å²) in [6.07, 6.45) is 0. The minimum absolute atomic E-state index is 0.00237. The van der Waals surface area contributed by atoms with E-state index < -0.39 is 4.92 Å². The Morgan fingerprint density at radius 2 is 2.05 bits per heavy atom. The monoisotopic (exact) mass is 339 g/mol. The fourth-order valence-corrected chi connectivity index (χ4v) is 2.13. The number of benzene rings is 2. The van der Waals surface area contributed by atoms with Gasteiger partial charge in [0.25, 0.3) is 5.69 Å². The molecule has 0 aliphatic carbocycles. The van der Waals surface area contributed by atoms with Gasteiger partial charge in [-0.15, -0.1) is 0 Å². The second-order valence-electron chi connectivity index (χ2n) is 4.23. The molecule has 0 saturated heterocycles. The van der Waals surface area contributed by atoms with E-state index in [-0.39, 0.29) is 18.1 Å². The minimum atomic E-state index is -0.466. The summed E-state index contributed by atoms with van der Waals surface area (Å²) >= 11 is 3.26. The van der Waals surface area contributed by atoms with Crippen molar-refractivity contribution in [2.24, 2.45) is 0 Å². The Labute approximate surface area is 123 Å². The third kappa shape index (κ3) is 3.33. The normalized spacial score (nSPS) is 10.3. The maximum absolute atomic E-state index is 13.1. The molecular weight excluding hydrogens is 329 g/mol. The van der Waals surface area contributed by atoms with Gasteiger partial charge in [0.1, 0.15) is 18.2 Å². The maximum Gasteiger partial charge on any atom is 0.270 e. The number of nitro benzene ring substituents is 1. The van der Waals surface area contributed by atoms with Crippen molar-refractivity contribution < 1.29 is 14.1 Å². The third-order valence-corrected chi connectivity index (χ3v) is 3.52. The van der Waals surface area contributed by atoms with Crippen molar-refractivity contribution in [1.29, 1.82) is 0 Å². The standard InChI is InChI=1S/C14H11BrFNO3/c1-9-2-4-11(16)6-14(9)20-8-10-3-5-12(17(18)19)7-13(10)15/h2-7H,8H2,1H3. The predicted molar refractivity (Wildman–Crippen MR) is 76.3 cm³/mol. The summed E-state index contributed by atoms with van der Waals surface area (Å²) in [6.45, 7) is 2.02. The molecule has 0 aliphatic heterocycles. The van der Waals surface area contributed by atoms with E-state index in [1.807, 2.05) is 6.92 Å². The lowest BCUT2D eigenvalue weighted by atomic mass is 10.2. The van der Waals surface area contributed by atoms with Gasteiger partial charge in [0.2, 0.25) is 0 Å². The zero-order chi connectivity index (χ0) is 14.7. The number of halogens is 2. The lowest BCUT2D eigenvalue weighted by Gasteiger charge is -2.10. The number of aryl methyl sites for hydroxylation is 1. The molecular formula is C14H11BrFNO3. The van der Waals surface area contributed by atoms with E-state index in [1.54, 1.807) is 12.1 Å². The van der Waals surface area contributed by atoms with Gasteiger partial charge >= 0.3 is 0 Å². The summed E-state index contributed by atoms with van der Waals surface area (Å²) < 4.78 is 19.3. The van der Waals surface area contributed by atoms with Crippen molar-refractivity contribution in [2.75, 3.05) is 0 Å². The summed E-state index contributed by atoms with van der Waals surface area (Å²) in [6, 6.07) is 8.74. The highest BCUT2D eigenvalue weighted by molar-refractivity contribution is 9.10. The summed E-state index contributed by atoms with van der Waals surface area (Å²) in [5.41, 5.74) is 1.58. The molecule has 0 N–H and O–H groups in total. The van der Waals surface area contributed by atoms with E-state index in [1.165, 1.54) is 24.3 Å². The smallest absolute Gasteiger partial charge is 0.270 e. The predicted octanol–water partition coefficient (Wildman–Crippen LogP) is 4.38. The first-order valence-corrected chi connectivity index (χ1v) is 6.58. The van der Waals surface area contributed by atoms with E-state index in [4.69, 9.17) is 4.74 Å². The molecule has 6 heteroatoms. The van der Waals surface area contributed by atoms with E-state index in [9.17, 15) is 14.5 Å². The maximum atomic E-state index is 13.1. The third-order valence-electron chi connectivity index (χ3n) is 2.78. The van der Waals surface area contributed by atoms with Gasteiger partial charge in [0, 0.05) is 28.2 Å². The fraction of sp³-hybridized carbons (Fsp3) is 0.143. The molecule has 0 aliphatic rings. The number of nitro groups is 1. The highest BCUT2D eigenvalue weighted by Crippen LogP contribution is 2.25. The molecule has 104 valence electrons. The average molecular weight is 340 g/mol. The van der Waals surface area contributed by atoms with Gasteiger partial charge in [-0.2, -0.15) is 0 Å². The Hall–Kier alpha value is -1.95. The van der Waals surface area contributed by atoms with E-state index >= 15 is 0 Å². The second-order valence-corrected chi connectivity index (χ2v) is 5.09. The van der Waals surface area contributed by atoms with E-state index in [2.05, 4.69) is 15.9 Å². The highest BCUT2D eigenvalue weighted by atomic mass is 79.9. The van der Waals surface area contributed by atoms with Crippen molar-refractivity contribution >= 4 is 21.6 Å². The molecule has 0 heterocycles. The molecule has 2 rings (SSSR count). The van der Waals surface area contributed by atoms with Crippen LogP contribution in [0.25, 0.3) is 0 Å².